The summed E-state index contributed by atoms with van der Waals surface area (Å²) in [6.45, 7) is 1.30. The molecule has 1 aliphatic rings. The molecule has 0 aromatic carbocycles. The van der Waals surface area contributed by atoms with Crippen molar-refractivity contribution in [1.82, 2.24) is 10.3 Å². The Bertz CT molecular complexity index is 393. The largest absolute Gasteiger partial charge is 0.465 e. The van der Waals surface area contributed by atoms with Gasteiger partial charge in [0.05, 0.1) is 18.4 Å². The molecule has 0 fully saturated rings. The Morgan fingerprint density at radius 2 is 2.43 bits per heavy atom. The number of rotatable bonds is 1. The van der Waals surface area contributed by atoms with Crippen molar-refractivity contribution in [2.24, 2.45) is 0 Å². The fourth-order valence-electron chi connectivity index (χ4n) is 1.53. The second-order valence-corrected chi connectivity index (χ2v) is 3.40. The van der Waals surface area contributed by atoms with Gasteiger partial charge >= 0.3 is 5.97 Å². The van der Waals surface area contributed by atoms with E-state index in [2.05, 4.69) is 15.0 Å². The van der Waals surface area contributed by atoms with E-state index in [9.17, 15) is 4.79 Å². The third-order valence-electron chi connectivity index (χ3n) is 2.18. The summed E-state index contributed by atoms with van der Waals surface area (Å²) < 4.78 is 4.66. The van der Waals surface area contributed by atoms with Crippen LogP contribution in [0.5, 0.6) is 0 Å². The van der Waals surface area contributed by atoms with Crippen molar-refractivity contribution < 1.29 is 9.53 Å². The van der Waals surface area contributed by atoms with Crippen LogP contribution in [0.1, 0.15) is 21.6 Å². The number of pyridine rings is 1. The third kappa shape index (κ3) is 1.47. The van der Waals surface area contributed by atoms with Crippen LogP contribution in [0.15, 0.2) is 6.07 Å². The number of carbonyl (C=O) groups is 1. The van der Waals surface area contributed by atoms with E-state index in [1.165, 1.54) is 7.11 Å². The second kappa shape index (κ2) is 3.55. The average molecular weight is 213 g/mol. The molecule has 1 aromatic heterocycles. The third-order valence-corrected chi connectivity index (χ3v) is 2.37. The number of aromatic nitrogens is 1. The number of nitrogens with one attached hydrogen (secondary N) is 1. The second-order valence-electron chi connectivity index (χ2n) is 3.01. The van der Waals surface area contributed by atoms with Crippen molar-refractivity contribution in [3.05, 3.63) is 28.0 Å². The summed E-state index contributed by atoms with van der Waals surface area (Å²) in [5.74, 6) is -0.366. The Kier molecular flexibility index (Phi) is 2.39. The molecule has 0 radical (unpaired) electrons. The van der Waals surface area contributed by atoms with Crippen molar-refractivity contribution in [2.45, 2.75) is 13.1 Å². The van der Waals surface area contributed by atoms with Crippen LogP contribution in [-0.4, -0.2) is 18.1 Å². The molecule has 2 rings (SSSR count). The first-order valence-corrected chi connectivity index (χ1v) is 4.57. The van der Waals surface area contributed by atoms with Gasteiger partial charge in [-0.3, -0.25) is 0 Å². The van der Waals surface area contributed by atoms with E-state index in [0.29, 0.717) is 23.8 Å². The van der Waals surface area contributed by atoms with E-state index >= 15 is 0 Å². The molecule has 0 saturated heterocycles. The minimum absolute atomic E-state index is 0.327. The number of carbonyl (C=O) groups excluding carboxylic acids is 1. The van der Waals surface area contributed by atoms with E-state index in [1.807, 2.05) is 0 Å². The zero-order valence-corrected chi connectivity index (χ0v) is 8.39. The molecule has 0 aliphatic carbocycles. The van der Waals surface area contributed by atoms with Crippen molar-refractivity contribution in [2.75, 3.05) is 7.11 Å². The van der Waals surface area contributed by atoms with Crippen LogP contribution in [0.4, 0.5) is 0 Å². The van der Waals surface area contributed by atoms with E-state index in [0.717, 1.165) is 11.3 Å². The minimum Gasteiger partial charge on any atom is -0.465 e. The molecule has 0 saturated carbocycles. The van der Waals surface area contributed by atoms with Gasteiger partial charge in [-0.1, -0.05) is 11.6 Å². The maximum atomic E-state index is 11.4. The monoisotopic (exact) mass is 212 g/mol. The number of methoxy groups -OCH3 is 1. The molecule has 0 atom stereocenters. The molecule has 0 amide bonds. The average Bonchev–Trinajstić information content (AvgIpc) is 2.62. The van der Waals surface area contributed by atoms with Crippen LogP contribution in [0, 0.1) is 0 Å². The highest BCUT2D eigenvalue weighted by atomic mass is 35.5. The Morgan fingerprint density at radius 3 is 3.14 bits per heavy atom. The number of fused-ring (bicyclic) bond motifs is 1. The first-order valence-electron chi connectivity index (χ1n) is 4.19. The lowest BCUT2D eigenvalue weighted by molar-refractivity contribution is 0.0599. The molecule has 74 valence electrons. The maximum absolute atomic E-state index is 11.4. The lowest BCUT2D eigenvalue weighted by atomic mass is 10.1. The predicted molar refractivity (Wildman–Crippen MR) is 51.1 cm³/mol. The van der Waals surface area contributed by atoms with Crippen LogP contribution in [0.25, 0.3) is 0 Å². The van der Waals surface area contributed by atoms with Crippen molar-refractivity contribution >= 4 is 17.6 Å². The van der Waals surface area contributed by atoms with Gasteiger partial charge in [0, 0.05) is 18.7 Å². The van der Waals surface area contributed by atoms with E-state index < -0.39 is 0 Å². The fourth-order valence-corrected chi connectivity index (χ4v) is 1.74. The van der Waals surface area contributed by atoms with Gasteiger partial charge in [-0.15, -0.1) is 0 Å². The molecule has 1 aromatic rings. The van der Waals surface area contributed by atoms with E-state index in [4.69, 9.17) is 11.6 Å². The molecule has 4 nitrogen and oxygen atoms in total. The van der Waals surface area contributed by atoms with Crippen LogP contribution in [0.3, 0.4) is 0 Å². The molecule has 1 N–H and O–H groups in total. The molecule has 2 heterocycles. The van der Waals surface area contributed by atoms with Crippen molar-refractivity contribution in [3.8, 4) is 0 Å². The Morgan fingerprint density at radius 1 is 1.64 bits per heavy atom. The highest BCUT2D eigenvalue weighted by Crippen LogP contribution is 2.22. The smallest absolute Gasteiger partial charge is 0.338 e. The molecule has 0 unspecified atom stereocenters. The van der Waals surface area contributed by atoms with Gasteiger partial charge in [-0.25, -0.2) is 9.78 Å². The first-order chi connectivity index (χ1) is 6.72. The standard InChI is InChI=1S/C9H9ClN2O2/c1-14-9(13)5-2-8(10)12-7-4-11-3-6(5)7/h2,11H,3-4H2,1H3. The summed E-state index contributed by atoms with van der Waals surface area (Å²) in [6, 6.07) is 1.54. The van der Waals surface area contributed by atoms with Gasteiger partial charge in [0.1, 0.15) is 5.15 Å². The van der Waals surface area contributed by atoms with Gasteiger partial charge < -0.3 is 10.1 Å². The highest BCUT2D eigenvalue weighted by Gasteiger charge is 2.21. The zero-order valence-electron chi connectivity index (χ0n) is 7.63. The van der Waals surface area contributed by atoms with Gasteiger partial charge in [0.25, 0.3) is 0 Å². The SMILES string of the molecule is COC(=O)c1cc(Cl)nc2c1CNC2. The van der Waals surface area contributed by atoms with Crippen LogP contribution in [-0.2, 0) is 17.8 Å². The number of hydrogen-bond acceptors (Lipinski definition) is 4. The molecular weight excluding hydrogens is 204 g/mol. The fraction of sp³-hybridized carbons (Fsp3) is 0.333. The summed E-state index contributed by atoms with van der Waals surface area (Å²) >= 11 is 5.78. The number of esters is 1. The predicted octanol–water partition coefficient (Wildman–Crippen LogP) is 1.12. The summed E-state index contributed by atoms with van der Waals surface area (Å²) in [7, 11) is 1.35. The van der Waals surface area contributed by atoms with E-state index in [1.54, 1.807) is 6.07 Å². The number of ether oxygens (including phenoxy) is 1. The summed E-state index contributed by atoms with van der Waals surface area (Å²) in [4.78, 5) is 15.5. The molecule has 1 aliphatic heterocycles. The Labute approximate surface area is 86.2 Å². The molecule has 14 heavy (non-hydrogen) atoms. The number of nitrogens with zero attached hydrogens (tertiary/aromatic N) is 1. The number of halogens is 1. The number of hydrogen-bond donors (Lipinski definition) is 1. The van der Waals surface area contributed by atoms with E-state index in [-0.39, 0.29) is 5.97 Å². The first kappa shape index (κ1) is 9.43. The minimum atomic E-state index is -0.366. The van der Waals surface area contributed by atoms with Gasteiger partial charge in [-0.2, -0.15) is 0 Å². The lowest BCUT2D eigenvalue weighted by Crippen LogP contribution is -2.07. The maximum Gasteiger partial charge on any atom is 0.338 e. The molecule has 0 bridgehead atoms. The topological polar surface area (TPSA) is 51.2 Å². The van der Waals surface area contributed by atoms with Crippen molar-refractivity contribution in [3.63, 3.8) is 0 Å². The molecular formula is C9H9ClN2O2. The summed E-state index contributed by atoms with van der Waals surface area (Å²) in [5, 5.41) is 3.43. The Hall–Kier alpha value is -1.13. The quantitative estimate of drug-likeness (QED) is 0.560. The molecule has 0 spiro atoms. The Balaban J connectivity index is 2.54. The normalized spacial score (nSPS) is 13.9. The van der Waals surface area contributed by atoms with Gasteiger partial charge in [0.2, 0.25) is 0 Å². The highest BCUT2D eigenvalue weighted by molar-refractivity contribution is 6.29. The van der Waals surface area contributed by atoms with Crippen LogP contribution < -0.4 is 5.32 Å². The van der Waals surface area contributed by atoms with Crippen molar-refractivity contribution in [1.29, 1.82) is 0 Å². The summed E-state index contributed by atoms with van der Waals surface area (Å²) in [5.41, 5.74) is 2.23. The van der Waals surface area contributed by atoms with Crippen LogP contribution in [0.2, 0.25) is 5.15 Å². The van der Waals surface area contributed by atoms with Crippen LogP contribution >= 0.6 is 11.6 Å². The summed E-state index contributed by atoms with van der Waals surface area (Å²) in [6.07, 6.45) is 0. The zero-order chi connectivity index (χ0) is 10.1. The van der Waals surface area contributed by atoms with Gasteiger partial charge in [0.15, 0.2) is 0 Å². The van der Waals surface area contributed by atoms with Gasteiger partial charge in [-0.05, 0) is 6.07 Å². The molecule has 5 heteroatoms. The lowest BCUT2D eigenvalue weighted by Gasteiger charge is -2.05.